The molecule has 9 nitrogen and oxygen atoms in total. The van der Waals surface area contributed by atoms with Gasteiger partial charge in [0.1, 0.15) is 11.7 Å². The number of sulfonamides is 1. The van der Waals surface area contributed by atoms with Gasteiger partial charge in [0.25, 0.3) is 15.6 Å². The van der Waals surface area contributed by atoms with Gasteiger partial charge in [-0.3, -0.25) is 19.1 Å². The fraction of sp³-hybridized carbons (Fsp3) is 0.222. The Kier molecular flexibility index (Phi) is 10.7. The van der Waals surface area contributed by atoms with Crippen molar-refractivity contribution in [1.82, 2.24) is 14.5 Å². The summed E-state index contributed by atoms with van der Waals surface area (Å²) in [6.45, 7) is 2.76. The molecular weight excluding hydrogens is 559 g/mol. The molecule has 0 aliphatic rings. The van der Waals surface area contributed by atoms with E-state index in [9.17, 15) is 13.2 Å². The zero-order chi connectivity index (χ0) is 26.7. The van der Waals surface area contributed by atoms with Crippen molar-refractivity contribution in [2.75, 3.05) is 31.5 Å². The van der Waals surface area contributed by atoms with E-state index in [0.717, 1.165) is 5.56 Å². The van der Waals surface area contributed by atoms with Crippen LogP contribution in [0.1, 0.15) is 17.0 Å². The van der Waals surface area contributed by atoms with Crippen LogP contribution in [-0.2, 0) is 16.6 Å². The fourth-order valence-electron chi connectivity index (χ4n) is 4.03. The zero-order valence-corrected chi connectivity index (χ0v) is 24.3. The van der Waals surface area contributed by atoms with Crippen LogP contribution in [0.15, 0.2) is 82.5 Å². The highest BCUT2D eigenvalue weighted by Gasteiger charge is 2.25. The summed E-state index contributed by atoms with van der Waals surface area (Å²) in [6, 6.07) is 20.4. The van der Waals surface area contributed by atoms with E-state index in [4.69, 9.17) is 11.1 Å². The van der Waals surface area contributed by atoms with Crippen LogP contribution in [0, 0.1) is 12.3 Å². The van der Waals surface area contributed by atoms with Crippen LogP contribution in [-0.4, -0.2) is 55.9 Å². The van der Waals surface area contributed by atoms with Gasteiger partial charge in [-0.1, -0.05) is 42.5 Å². The lowest BCUT2D eigenvalue weighted by molar-refractivity contribution is 0.419. The number of hydrogen-bond donors (Lipinski definition) is 2. The Morgan fingerprint density at radius 2 is 1.62 bits per heavy atom. The van der Waals surface area contributed by atoms with Crippen LogP contribution in [0.2, 0.25) is 0 Å². The highest BCUT2D eigenvalue weighted by molar-refractivity contribution is 7.92. The largest absolute Gasteiger partial charge is 0.384 e. The molecule has 1 aromatic heterocycles. The van der Waals surface area contributed by atoms with E-state index in [2.05, 4.69) is 4.98 Å². The van der Waals surface area contributed by atoms with Crippen molar-refractivity contribution in [3.05, 3.63) is 100 Å². The van der Waals surface area contributed by atoms with Crippen LogP contribution in [0.25, 0.3) is 10.9 Å². The number of amidine groups is 1. The maximum atomic E-state index is 13.6. The van der Waals surface area contributed by atoms with Gasteiger partial charge in [-0.25, -0.2) is 13.4 Å². The molecule has 0 saturated carbocycles. The third kappa shape index (κ3) is 6.96. The number of nitrogens with one attached hydrogen (secondary N) is 1. The van der Waals surface area contributed by atoms with Crippen LogP contribution in [0.5, 0.6) is 0 Å². The van der Waals surface area contributed by atoms with Crippen LogP contribution in [0.3, 0.4) is 0 Å². The first-order valence-electron chi connectivity index (χ1n) is 11.7. The van der Waals surface area contributed by atoms with Crippen LogP contribution < -0.4 is 15.6 Å². The highest BCUT2D eigenvalue weighted by atomic mass is 35.5. The van der Waals surface area contributed by atoms with E-state index in [1.165, 1.54) is 4.31 Å². The summed E-state index contributed by atoms with van der Waals surface area (Å²) >= 11 is 0. The van der Waals surface area contributed by atoms with E-state index in [1.807, 2.05) is 31.1 Å². The van der Waals surface area contributed by atoms with Crippen molar-refractivity contribution in [1.29, 1.82) is 5.41 Å². The van der Waals surface area contributed by atoms with E-state index in [0.29, 0.717) is 34.5 Å². The maximum Gasteiger partial charge on any atom is 0.264 e. The van der Waals surface area contributed by atoms with Crippen molar-refractivity contribution >= 4 is 57.3 Å². The van der Waals surface area contributed by atoms with Crippen molar-refractivity contribution in [3.63, 3.8) is 0 Å². The minimum absolute atomic E-state index is 0. The second kappa shape index (κ2) is 13.1. The molecule has 0 aliphatic heterocycles. The molecule has 0 unspecified atom stereocenters. The number of benzene rings is 3. The van der Waals surface area contributed by atoms with Crippen molar-refractivity contribution < 1.29 is 8.42 Å². The number of aryl methyl sites for hydroxylation is 1. The summed E-state index contributed by atoms with van der Waals surface area (Å²) in [5.74, 6) is 0.520. The Labute approximate surface area is 240 Å². The molecule has 0 atom stereocenters. The number of nitrogen functional groups attached to an aromatic ring is 1. The van der Waals surface area contributed by atoms with Gasteiger partial charge in [-0.05, 0) is 56.9 Å². The smallest absolute Gasteiger partial charge is 0.264 e. The summed E-state index contributed by atoms with van der Waals surface area (Å²) in [6.07, 6.45) is 0. The fourth-order valence-corrected chi connectivity index (χ4v) is 5.50. The predicted octanol–water partition coefficient (Wildman–Crippen LogP) is 3.64. The molecule has 4 aromatic rings. The summed E-state index contributed by atoms with van der Waals surface area (Å²) in [5.41, 5.74) is 7.64. The Balaban J connectivity index is 0.00000267. The minimum atomic E-state index is -3.86. The Morgan fingerprint density at radius 3 is 2.21 bits per heavy atom. The molecule has 0 saturated heterocycles. The second-order valence-corrected chi connectivity index (χ2v) is 10.9. The first-order valence-corrected chi connectivity index (χ1v) is 13.2. The first-order chi connectivity index (χ1) is 17.6. The Bertz CT molecular complexity index is 1610. The monoisotopic (exact) mass is 590 g/mol. The number of hydrogen-bond acceptors (Lipinski definition) is 6. The van der Waals surface area contributed by atoms with Gasteiger partial charge >= 0.3 is 0 Å². The van der Waals surface area contributed by atoms with E-state index >= 15 is 0 Å². The molecule has 208 valence electrons. The summed E-state index contributed by atoms with van der Waals surface area (Å²) in [5, 5.41) is 7.89. The van der Waals surface area contributed by atoms with Gasteiger partial charge in [0.15, 0.2) is 0 Å². The maximum absolute atomic E-state index is 13.6. The van der Waals surface area contributed by atoms with Gasteiger partial charge in [0.05, 0.1) is 28.0 Å². The third-order valence-electron chi connectivity index (χ3n) is 6.10. The van der Waals surface area contributed by atoms with Crippen LogP contribution in [0.4, 0.5) is 5.69 Å². The average molecular weight is 592 g/mol. The van der Waals surface area contributed by atoms with Crippen LogP contribution >= 0.6 is 24.8 Å². The third-order valence-corrected chi connectivity index (χ3v) is 7.95. The molecule has 1 heterocycles. The number of fused-ring (bicyclic) bond motifs is 1. The molecule has 12 heteroatoms. The van der Waals surface area contributed by atoms with E-state index < -0.39 is 10.0 Å². The highest BCUT2D eigenvalue weighted by Crippen LogP contribution is 2.26. The summed E-state index contributed by atoms with van der Waals surface area (Å²) in [7, 11) is -0.105. The molecule has 0 fully saturated rings. The molecular formula is C27H32Cl2N6O3S. The standard InChI is InChI=1S/C27H30N6O3S.2ClH/c1-19-30-25-14-13-22(33(16-15-31(2)3)37(35,36)23-7-5-4-6-8-23)17-24(25)27(34)32(19)18-20-9-11-21(12-10-20)26(28)29;;/h4-14,17H,15-16,18H2,1-3H3,(H3,28,29);2*1H. The molecule has 0 radical (unpaired) electrons. The second-order valence-electron chi connectivity index (χ2n) is 9.06. The van der Waals surface area contributed by atoms with Gasteiger partial charge in [-0.2, -0.15) is 0 Å². The lowest BCUT2D eigenvalue weighted by atomic mass is 10.1. The first kappa shape index (κ1) is 31.8. The molecule has 0 bridgehead atoms. The number of nitrogens with two attached hydrogens (primary N) is 1. The number of anilines is 1. The number of nitrogens with zero attached hydrogens (tertiary/aromatic N) is 4. The van der Waals surface area contributed by atoms with Crippen molar-refractivity contribution in [2.45, 2.75) is 18.4 Å². The number of aromatic nitrogens is 2. The quantitative estimate of drug-likeness (QED) is 0.226. The van der Waals surface area contributed by atoms with E-state index in [-0.39, 0.29) is 54.2 Å². The van der Waals surface area contributed by atoms with Crippen molar-refractivity contribution in [2.24, 2.45) is 5.73 Å². The molecule has 0 spiro atoms. The Hall–Kier alpha value is -3.44. The van der Waals surface area contributed by atoms with Gasteiger partial charge < -0.3 is 10.6 Å². The normalized spacial score (nSPS) is 11.1. The van der Waals surface area contributed by atoms with E-state index in [1.54, 1.807) is 72.2 Å². The van der Waals surface area contributed by atoms with Gasteiger partial charge in [0, 0.05) is 18.7 Å². The molecule has 39 heavy (non-hydrogen) atoms. The van der Waals surface area contributed by atoms with Crippen molar-refractivity contribution in [3.8, 4) is 0 Å². The lowest BCUT2D eigenvalue weighted by Gasteiger charge is -2.26. The van der Waals surface area contributed by atoms with Gasteiger partial charge in [-0.15, -0.1) is 24.8 Å². The lowest BCUT2D eigenvalue weighted by Crippen LogP contribution is -2.37. The summed E-state index contributed by atoms with van der Waals surface area (Å²) < 4.78 is 30.1. The SMILES string of the molecule is Cc1nc2ccc(N(CCN(C)C)S(=O)(=O)c3ccccc3)cc2c(=O)n1Cc1ccc(C(=N)N)cc1.Cl.Cl. The minimum Gasteiger partial charge on any atom is -0.384 e. The number of rotatable bonds is 9. The number of likely N-dealkylation sites (N-methyl/N-ethyl adjacent to an activating group) is 1. The molecule has 0 aliphatic carbocycles. The van der Waals surface area contributed by atoms with Gasteiger partial charge in [0.2, 0.25) is 0 Å². The molecule has 3 aromatic carbocycles. The topological polar surface area (TPSA) is 125 Å². The summed E-state index contributed by atoms with van der Waals surface area (Å²) in [4.78, 5) is 20.3. The zero-order valence-electron chi connectivity index (χ0n) is 21.9. The molecule has 0 amide bonds. The predicted molar refractivity (Wildman–Crippen MR) is 161 cm³/mol. The Morgan fingerprint density at radius 1 is 0.974 bits per heavy atom. The number of halogens is 2. The average Bonchev–Trinajstić information content (AvgIpc) is 2.87. The molecule has 4 rings (SSSR count). The molecule has 3 N–H and O–H groups in total.